The van der Waals surface area contributed by atoms with Crippen LogP contribution in [0.15, 0.2) is 59.6 Å². The molecule has 1 saturated heterocycles. The molecule has 33 heavy (non-hydrogen) atoms. The smallest absolute Gasteiger partial charge is 0.253 e. The lowest BCUT2D eigenvalue weighted by atomic mass is 9.81. The van der Waals surface area contributed by atoms with Crippen LogP contribution in [0.25, 0.3) is 11.3 Å². The molecule has 2 aromatic carbocycles. The molecule has 0 radical (unpaired) electrons. The molecule has 8 nitrogen and oxygen atoms in total. The first-order valence-electron chi connectivity index (χ1n) is 10.9. The van der Waals surface area contributed by atoms with Gasteiger partial charge in [0.15, 0.2) is 0 Å². The molecule has 3 aromatic rings. The zero-order valence-corrected chi connectivity index (χ0v) is 19.7. The maximum atomic E-state index is 13.1. The van der Waals surface area contributed by atoms with Crippen molar-refractivity contribution in [2.75, 3.05) is 27.2 Å². The summed E-state index contributed by atoms with van der Waals surface area (Å²) in [7, 11) is 1.38. The van der Waals surface area contributed by atoms with Gasteiger partial charge in [0.05, 0.1) is 16.8 Å². The van der Waals surface area contributed by atoms with Crippen LogP contribution in [-0.4, -0.2) is 60.5 Å². The Labute approximate surface area is 193 Å². The van der Waals surface area contributed by atoms with Gasteiger partial charge in [0.1, 0.15) is 11.4 Å². The highest BCUT2D eigenvalue weighted by atomic mass is 32.2. The van der Waals surface area contributed by atoms with Crippen molar-refractivity contribution in [2.45, 2.75) is 23.3 Å². The fourth-order valence-electron chi connectivity index (χ4n) is 4.71. The van der Waals surface area contributed by atoms with Gasteiger partial charge in [0, 0.05) is 63.8 Å². The Hall–Kier alpha value is -3.17. The first-order valence-corrected chi connectivity index (χ1v) is 12.3. The fraction of sp³-hybridized carbons (Fsp3) is 0.333. The molecule has 0 N–H and O–H groups in total. The zero-order valence-electron chi connectivity index (χ0n) is 18.9. The Bertz CT molecular complexity index is 1320. The topological polar surface area (TPSA) is 84.7 Å². The second-order valence-electron chi connectivity index (χ2n) is 8.73. The molecule has 5 rings (SSSR count). The van der Waals surface area contributed by atoms with Crippen LogP contribution in [0.4, 0.5) is 0 Å². The van der Waals surface area contributed by atoms with Crippen LogP contribution in [0, 0.1) is 0 Å². The Balaban J connectivity index is 1.36. The van der Waals surface area contributed by atoms with Crippen molar-refractivity contribution in [3.63, 3.8) is 0 Å². The summed E-state index contributed by atoms with van der Waals surface area (Å²) in [4.78, 5) is 15.1. The van der Waals surface area contributed by atoms with Crippen molar-refractivity contribution in [3.05, 3.63) is 65.9 Å². The third-order valence-electron chi connectivity index (χ3n) is 6.62. The Morgan fingerprint density at radius 1 is 1.06 bits per heavy atom. The molecule has 0 aliphatic carbocycles. The molecule has 1 aromatic heterocycles. The average molecular weight is 467 g/mol. The summed E-state index contributed by atoms with van der Waals surface area (Å²) in [5.41, 5.74) is 3.12. The van der Waals surface area contributed by atoms with E-state index in [1.54, 1.807) is 17.0 Å². The Morgan fingerprint density at radius 2 is 1.73 bits per heavy atom. The molecule has 0 bridgehead atoms. The average Bonchev–Trinajstić information content (AvgIpc) is 3.22. The van der Waals surface area contributed by atoms with Crippen LogP contribution < -0.4 is 4.74 Å². The number of benzene rings is 2. The Kier molecular flexibility index (Phi) is 5.06. The van der Waals surface area contributed by atoms with Crippen LogP contribution in [0.1, 0.15) is 28.8 Å². The highest BCUT2D eigenvalue weighted by molar-refractivity contribution is 7.89. The highest BCUT2D eigenvalue weighted by Crippen LogP contribution is 2.49. The van der Waals surface area contributed by atoms with Crippen LogP contribution in [0.3, 0.4) is 0 Å². The number of sulfonamides is 1. The number of nitrogens with zero attached hydrogens (tertiary/aromatic N) is 4. The molecule has 172 valence electrons. The summed E-state index contributed by atoms with van der Waals surface area (Å²) in [6.45, 7) is 1.07. The minimum Gasteiger partial charge on any atom is -0.482 e. The quantitative estimate of drug-likeness (QED) is 0.593. The first-order chi connectivity index (χ1) is 15.7. The van der Waals surface area contributed by atoms with Crippen molar-refractivity contribution in [2.24, 2.45) is 7.05 Å². The number of fused-ring (bicyclic) bond motifs is 4. The standard InChI is InChI=1S/C24H26N4O4S/c1-26(2)33(30,31)18-10-8-17(9-11-18)23(29)28-14-12-24(13-15-28)20-16-25-27(3)22(20)19-6-4-5-7-21(19)32-24/h4-11,16H,12-15H2,1-3H3. The molecule has 0 saturated carbocycles. The molecule has 3 heterocycles. The number of carbonyl (C=O) groups excluding carboxylic acids is 1. The summed E-state index contributed by atoms with van der Waals surface area (Å²) in [5.74, 6) is 0.729. The van der Waals surface area contributed by atoms with Crippen LogP contribution in [0.5, 0.6) is 5.75 Å². The van der Waals surface area contributed by atoms with E-state index in [-0.39, 0.29) is 10.8 Å². The van der Waals surface area contributed by atoms with Crippen molar-refractivity contribution in [3.8, 4) is 17.0 Å². The van der Waals surface area contributed by atoms with E-state index < -0.39 is 15.6 Å². The van der Waals surface area contributed by atoms with E-state index in [4.69, 9.17) is 4.74 Å². The van der Waals surface area contributed by atoms with Crippen molar-refractivity contribution in [1.29, 1.82) is 0 Å². The fourth-order valence-corrected chi connectivity index (χ4v) is 5.61. The minimum absolute atomic E-state index is 0.110. The highest BCUT2D eigenvalue weighted by Gasteiger charge is 2.45. The van der Waals surface area contributed by atoms with Gasteiger partial charge in [-0.25, -0.2) is 12.7 Å². The van der Waals surface area contributed by atoms with Gasteiger partial charge in [-0.2, -0.15) is 5.10 Å². The lowest BCUT2D eigenvalue weighted by Gasteiger charge is -2.44. The molecule has 9 heteroatoms. The van der Waals surface area contributed by atoms with Crippen molar-refractivity contribution in [1.82, 2.24) is 19.0 Å². The number of rotatable bonds is 3. The van der Waals surface area contributed by atoms with E-state index in [0.29, 0.717) is 31.5 Å². The normalized spacial score (nSPS) is 16.9. The molecule has 0 unspecified atom stereocenters. The summed E-state index contributed by atoms with van der Waals surface area (Å²) < 4.78 is 34.2. The third kappa shape index (κ3) is 3.43. The minimum atomic E-state index is -3.53. The van der Waals surface area contributed by atoms with Gasteiger partial charge in [-0.15, -0.1) is 0 Å². The number of likely N-dealkylation sites (tertiary alicyclic amines) is 1. The van der Waals surface area contributed by atoms with Gasteiger partial charge in [0.2, 0.25) is 10.0 Å². The van der Waals surface area contributed by atoms with Gasteiger partial charge in [-0.1, -0.05) is 12.1 Å². The monoisotopic (exact) mass is 466 g/mol. The zero-order chi connectivity index (χ0) is 23.4. The second kappa shape index (κ2) is 7.71. The van der Waals surface area contributed by atoms with E-state index in [2.05, 4.69) is 5.10 Å². The van der Waals surface area contributed by atoms with Gasteiger partial charge < -0.3 is 9.64 Å². The molecular weight excluding hydrogens is 440 g/mol. The number of piperidine rings is 1. The SMILES string of the molecule is CN(C)S(=O)(=O)c1ccc(C(=O)N2CCC3(CC2)Oc2ccccc2-c2c3cnn2C)cc1. The maximum absolute atomic E-state index is 13.1. The lowest BCUT2D eigenvalue weighted by Crippen LogP contribution is -2.49. The molecular formula is C24H26N4O4S. The number of amides is 1. The van der Waals surface area contributed by atoms with Crippen LogP contribution in [0.2, 0.25) is 0 Å². The number of hydrogen-bond donors (Lipinski definition) is 0. The predicted octanol–water partition coefficient (Wildman–Crippen LogP) is 2.86. The largest absolute Gasteiger partial charge is 0.482 e. The van der Waals surface area contributed by atoms with E-state index in [1.165, 1.54) is 26.2 Å². The van der Waals surface area contributed by atoms with Crippen LogP contribution >= 0.6 is 0 Å². The number of hydrogen-bond acceptors (Lipinski definition) is 5. The van der Waals surface area contributed by atoms with Crippen molar-refractivity contribution < 1.29 is 17.9 Å². The lowest BCUT2D eigenvalue weighted by molar-refractivity contribution is -0.00172. The maximum Gasteiger partial charge on any atom is 0.253 e. The number of ether oxygens (including phenoxy) is 1. The molecule has 1 spiro atoms. The summed E-state index contributed by atoms with van der Waals surface area (Å²) >= 11 is 0. The number of para-hydroxylation sites is 1. The number of aryl methyl sites for hydroxylation is 1. The first kappa shape index (κ1) is 21.7. The summed E-state index contributed by atoms with van der Waals surface area (Å²) in [6, 6.07) is 14.1. The summed E-state index contributed by atoms with van der Waals surface area (Å²) in [6.07, 6.45) is 3.18. The molecule has 0 atom stereocenters. The van der Waals surface area contributed by atoms with Crippen LogP contribution in [-0.2, 0) is 22.7 Å². The number of carbonyl (C=O) groups is 1. The predicted molar refractivity (Wildman–Crippen MR) is 123 cm³/mol. The van der Waals surface area contributed by atoms with Gasteiger partial charge in [-0.3, -0.25) is 9.48 Å². The molecule has 2 aliphatic rings. The number of aromatic nitrogens is 2. The second-order valence-corrected chi connectivity index (χ2v) is 10.9. The van der Waals surface area contributed by atoms with Gasteiger partial charge in [0.25, 0.3) is 5.91 Å². The van der Waals surface area contributed by atoms with E-state index in [9.17, 15) is 13.2 Å². The van der Waals surface area contributed by atoms with E-state index in [1.807, 2.05) is 42.2 Å². The molecule has 1 amide bonds. The van der Waals surface area contributed by atoms with E-state index in [0.717, 1.165) is 26.9 Å². The van der Waals surface area contributed by atoms with Crippen molar-refractivity contribution >= 4 is 15.9 Å². The molecule has 1 fully saturated rings. The van der Waals surface area contributed by atoms with E-state index >= 15 is 0 Å². The van der Waals surface area contributed by atoms with Gasteiger partial charge in [-0.05, 0) is 36.4 Å². The Morgan fingerprint density at radius 3 is 2.39 bits per heavy atom. The third-order valence-corrected chi connectivity index (χ3v) is 8.44. The molecule has 2 aliphatic heterocycles. The van der Waals surface area contributed by atoms with Gasteiger partial charge >= 0.3 is 0 Å². The summed E-state index contributed by atoms with van der Waals surface area (Å²) in [5, 5.41) is 4.49.